The Morgan fingerprint density at radius 2 is 2.08 bits per heavy atom. The van der Waals surface area contributed by atoms with Crippen molar-refractivity contribution in [3.63, 3.8) is 0 Å². The van der Waals surface area contributed by atoms with Crippen LogP contribution in [0.4, 0.5) is 4.39 Å². The highest BCUT2D eigenvalue weighted by molar-refractivity contribution is 9.10. The SMILES string of the molecule is Cl.Cl.O=C(c1ccc(Br)cn1)N1CCNCC1c1cccc(F)c1. The second kappa shape index (κ2) is 9.32. The van der Waals surface area contributed by atoms with E-state index in [0.29, 0.717) is 25.3 Å². The molecule has 4 nitrogen and oxygen atoms in total. The van der Waals surface area contributed by atoms with Gasteiger partial charge in [0.1, 0.15) is 11.5 Å². The number of halogens is 4. The third-order valence-corrected chi connectivity index (χ3v) is 4.15. The number of hydrogen-bond acceptors (Lipinski definition) is 3. The number of pyridine rings is 1. The number of nitrogens with one attached hydrogen (secondary N) is 1. The van der Waals surface area contributed by atoms with Gasteiger partial charge in [0, 0.05) is 30.3 Å². The van der Waals surface area contributed by atoms with Crippen LogP contribution < -0.4 is 5.32 Å². The predicted octanol–water partition coefficient (Wildman–Crippen LogP) is 3.61. The lowest BCUT2D eigenvalue weighted by atomic mass is 10.0. The number of aromatic nitrogens is 1. The van der Waals surface area contributed by atoms with Crippen molar-refractivity contribution in [2.24, 2.45) is 0 Å². The van der Waals surface area contributed by atoms with Gasteiger partial charge in [-0.2, -0.15) is 0 Å². The molecule has 0 bridgehead atoms. The zero-order valence-electron chi connectivity index (χ0n) is 12.6. The van der Waals surface area contributed by atoms with Crippen molar-refractivity contribution in [2.45, 2.75) is 6.04 Å². The maximum Gasteiger partial charge on any atom is 0.273 e. The molecule has 2 heterocycles. The zero-order chi connectivity index (χ0) is 15.5. The molecule has 0 radical (unpaired) electrons. The Morgan fingerprint density at radius 1 is 1.29 bits per heavy atom. The summed E-state index contributed by atoms with van der Waals surface area (Å²) in [5.41, 5.74) is 1.18. The Bertz CT molecular complexity index is 687. The number of benzene rings is 1. The van der Waals surface area contributed by atoms with Crippen molar-refractivity contribution in [3.05, 3.63) is 64.1 Å². The van der Waals surface area contributed by atoms with Crippen LogP contribution in [-0.4, -0.2) is 35.4 Å². The molecule has 3 rings (SSSR count). The average Bonchev–Trinajstić information content (AvgIpc) is 2.55. The molecule has 0 aliphatic carbocycles. The number of carbonyl (C=O) groups excluding carboxylic acids is 1. The lowest BCUT2D eigenvalue weighted by Gasteiger charge is -2.36. The molecule has 1 saturated heterocycles. The highest BCUT2D eigenvalue weighted by atomic mass is 79.9. The molecular formula is C16H17BrCl2FN3O. The fourth-order valence-corrected chi connectivity index (χ4v) is 2.84. The summed E-state index contributed by atoms with van der Waals surface area (Å²) >= 11 is 3.31. The van der Waals surface area contributed by atoms with Crippen LogP contribution in [0, 0.1) is 5.82 Å². The summed E-state index contributed by atoms with van der Waals surface area (Å²) in [5, 5.41) is 3.25. The number of carbonyl (C=O) groups is 1. The van der Waals surface area contributed by atoms with E-state index < -0.39 is 0 Å². The first-order valence-electron chi connectivity index (χ1n) is 7.04. The minimum absolute atomic E-state index is 0. The van der Waals surface area contributed by atoms with Gasteiger partial charge in [-0.15, -0.1) is 24.8 Å². The Labute approximate surface area is 160 Å². The molecule has 0 saturated carbocycles. The van der Waals surface area contributed by atoms with Crippen molar-refractivity contribution in [2.75, 3.05) is 19.6 Å². The average molecular weight is 437 g/mol. The molecule has 1 fully saturated rings. The lowest BCUT2D eigenvalue weighted by Crippen LogP contribution is -2.48. The Morgan fingerprint density at radius 3 is 2.75 bits per heavy atom. The number of piperazine rings is 1. The van der Waals surface area contributed by atoms with Crippen molar-refractivity contribution < 1.29 is 9.18 Å². The van der Waals surface area contributed by atoms with Gasteiger partial charge in [-0.05, 0) is 45.8 Å². The minimum atomic E-state index is -0.294. The number of amides is 1. The third kappa shape index (κ3) is 4.66. The second-order valence-electron chi connectivity index (χ2n) is 5.14. The van der Waals surface area contributed by atoms with Crippen LogP contribution in [0.2, 0.25) is 0 Å². The lowest BCUT2D eigenvalue weighted by molar-refractivity contribution is 0.0628. The van der Waals surface area contributed by atoms with E-state index in [0.717, 1.165) is 10.0 Å². The van der Waals surface area contributed by atoms with Crippen LogP contribution in [0.1, 0.15) is 22.1 Å². The summed E-state index contributed by atoms with van der Waals surface area (Å²) in [6, 6.07) is 9.68. The van der Waals surface area contributed by atoms with E-state index >= 15 is 0 Å². The number of rotatable bonds is 2. The van der Waals surface area contributed by atoms with Crippen LogP contribution in [0.25, 0.3) is 0 Å². The molecule has 24 heavy (non-hydrogen) atoms. The third-order valence-electron chi connectivity index (χ3n) is 3.68. The topological polar surface area (TPSA) is 45.2 Å². The summed E-state index contributed by atoms with van der Waals surface area (Å²) in [5.74, 6) is -0.430. The number of hydrogen-bond donors (Lipinski definition) is 1. The van der Waals surface area contributed by atoms with Gasteiger partial charge >= 0.3 is 0 Å². The van der Waals surface area contributed by atoms with Gasteiger partial charge in [0.2, 0.25) is 0 Å². The fraction of sp³-hybridized carbons (Fsp3) is 0.250. The maximum atomic E-state index is 13.5. The smallest absolute Gasteiger partial charge is 0.273 e. The highest BCUT2D eigenvalue weighted by Crippen LogP contribution is 2.24. The van der Waals surface area contributed by atoms with Gasteiger partial charge in [-0.3, -0.25) is 4.79 Å². The predicted molar refractivity (Wildman–Crippen MR) is 99.5 cm³/mol. The number of nitrogens with zero attached hydrogens (tertiary/aromatic N) is 2. The van der Waals surface area contributed by atoms with Crippen molar-refractivity contribution in [1.29, 1.82) is 0 Å². The molecule has 1 aliphatic rings. The van der Waals surface area contributed by atoms with E-state index in [1.165, 1.54) is 12.1 Å². The van der Waals surface area contributed by atoms with Crippen LogP contribution in [0.5, 0.6) is 0 Å². The van der Waals surface area contributed by atoms with E-state index in [1.54, 1.807) is 29.3 Å². The van der Waals surface area contributed by atoms with Crippen molar-refractivity contribution in [3.8, 4) is 0 Å². The molecule has 2 aromatic rings. The summed E-state index contributed by atoms with van der Waals surface area (Å²) in [6.07, 6.45) is 1.60. The minimum Gasteiger partial charge on any atom is -0.328 e. The first-order chi connectivity index (χ1) is 10.6. The maximum absolute atomic E-state index is 13.5. The van der Waals surface area contributed by atoms with E-state index in [1.807, 2.05) is 6.07 Å². The molecule has 1 N–H and O–H groups in total. The second-order valence-corrected chi connectivity index (χ2v) is 6.05. The molecule has 1 aliphatic heterocycles. The molecule has 1 amide bonds. The molecular weight excluding hydrogens is 420 g/mol. The molecule has 1 aromatic heterocycles. The van der Waals surface area contributed by atoms with Crippen molar-refractivity contribution >= 4 is 46.7 Å². The van der Waals surface area contributed by atoms with E-state index in [2.05, 4.69) is 26.2 Å². The molecule has 1 atom stereocenters. The van der Waals surface area contributed by atoms with Crippen molar-refractivity contribution in [1.82, 2.24) is 15.2 Å². The van der Waals surface area contributed by atoms with Gasteiger partial charge in [0.25, 0.3) is 5.91 Å². The Balaban J connectivity index is 0.00000144. The molecule has 1 aromatic carbocycles. The molecule has 8 heteroatoms. The Hall–Kier alpha value is -1.21. The van der Waals surface area contributed by atoms with Gasteiger partial charge in [0.15, 0.2) is 0 Å². The summed E-state index contributed by atoms with van der Waals surface area (Å²) in [6.45, 7) is 1.89. The van der Waals surface area contributed by atoms with E-state index in [4.69, 9.17) is 0 Å². The normalized spacial score (nSPS) is 16.8. The van der Waals surface area contributed by atoms with Gasteiger partial charge in [-0.25, -0.2) is 9.37 Å². The van der Waals surface area contributed by atoms with Crippen LogP contribution in [0.3, 0.4) is 0 Å². The summed E-state index contributed by atoms with van der Waals surface area (Å²) in [7, 11) is 0. The highest BCUT2D eigenvalue weighted by Gasteiger charge is 2.29. The molecule has 1 unspecified atom stereocenters. The molecule has 130 valence electrons. The summed E-state index contributed by atoms with van der Waals surface area (Å²) < 4.78 is 14.3. The van der Waals surface area contributed by atoms with E-state index in [9.17, 15) is 9.18 Å². The van der Waals surface area contributed by atoms with E-state index in [-0.39, 0.29) is 42.6 Å². The Kier molecular flexibility index (Phi) is 8.09. The van der Waals surface area contributed by atoms with Gasteiger partial charge in [-0.1, -0.05) is 12.1 Å². The quantitative estimate of drug-likeness (QED) is 0.781. The summed E-state index contributed by atoms with van der Waals surface area (Å²) in [4.78, 5) is 18.6. The fourth-order valence-electron chi connectivity index (χ4n) is 2.61. The monoisotopic (exact) mass is 435 g/mol. The zero-order valence-corrected chi connectivity index (χ0v) is 15.8. The van der Waals surface area contributed by atoms with Crippen LogP contribution in [-0.2, 0) is 0 Å². The molecule has 0 spiro atoms. The standard InChI is InChI=1S/C16H15BrFN3O.2ClH/c17-12-4-5-14(20-9-12)16(22)21-7-6-19-10-15(21)11-2-1-3-13(18)8-11;;/h1-5,8-9,15,19H,6-7,10H2;2*1H. The van der Waals surface area contributed by atoms with Gasteiger partial charge < -0.3 is 10.2 Å². The largest absolute Gasteiger partial charge is 0.328 e. The van der Waals surface area contributed by atoms with Crippen LogP contribution in [0.15, 0.2) is 47.1 Å². The first kappa shape index (κ1) is 20.8. The van der Waals surface area contributed by atoms with Crippen LogP contribution >= 0.6 is 40.7 Å². The van der Waals surface area contributed by atoms with Gasteiger partial charge in [0.05, 0.1) is 6.04 Å². The first-order valence-corrected chi connectivity index (χ1v) is 7.83.